The summed E-state index contributed by atoms with van der Waals surface area (Å²) < 4.78 is 0. The summed E-state index contributed by atoms with van der Waals surface area (Å²) in [5, 5.41) is 10.7. The molecule has 1 aromatic carbocycles. The summed E-state index contributed by atoms with van der Waals surface area (Å²) >= 11 is 0. The maximum atomic E-state index is 12.3. The number of aryl methyl sites for hydroxylation is 2. The maximum Gasteiger partial charge on any atom is 0.257 e. The normalized spacial score (nSPS) is 10.1. The fraction of sp³-hybridized carbons (Fsp3) is 0.200. The van der Waals surface area contributed by atoms with Crippen LogP contribution in [-0.2, 0) is 6.42 Å². The number of nitrogens with zero attached hydrogens (tertiary/aromatic N) is 2. The van der Waals surface area contributed by atoms with E-state index in [1.54, 1.807) is 37.3 Å². The van der Waals surface area contributed by atoms with Gasteiger partial charge < -0.3 is 5.32 Å². The van der Waals surface area contributed by atoms with Crippen molar-refractivity contribution in [2.45, 2.75) is 20.3 Å². The van der Waals surface area contributed by atoms with Gasteiger partial charge in [-0.3, -0.25) is 9.59 Å². The first-order valence-corrected chi connectivity index (χ1v) is 6.34. The van der Waals surface area contributed by atoms with Crippen LogP contribution in [0, 0.1) is 6.92 Å². The first kappa shape index (κ1) is 13.9. The van der Waals surface area contributed by atoms with Crippen LogP contribution >= 0.6 is 0 Å². The third-order valence-electron chi connectivity index (χ3n) is 2.85. The Labute approximate surface area is 117 Å². The lowest BCUT2D eigenvalue weighted by molar-refractivity contribution is 0.102. The van der Waals surface area contributed by atoms with Gasteiger partial charge in [-0.25, -0.2) is 0 Å². The van der Waals surface area contributed by atoms with E-state index in [0.717, 1.165) is 6.29 Å². The summed E-state index contributed by atoms with van der Waals surface area (Å²) in [6, 6.07) is 8.47. The number of anilines is 1. The first-order chi connectivity index (χ1) is 9.63. The molecular weight excluding hydrogens is 254 g/mol. The molecule has 102 valence electrons. The average molecular weight is 269 g/mol. The predicted molar refractivity (Wildman–Crippen MR) is 75.9 cm³/mol. The zero-order chi connectivity index (χ0) is 14.5. The lowest BCUT2D eigenvalue weighted by Crippen LogP contribution is -2.16. The van der Waals surface area contributed by atoms with Crippen molar-refractivity contribution >= 4 is 17.9 Å². The van der Waals surface area contributed by atoms with Gasteiger partial charge in [-0.1, -0.05) is 19.1 Å². The molecule has 0 saturated carbocycles. The van der Waals surface area contributed by atoms with Crippen LogP contribution in [0.1, 0.15) is 39.0 Å². The van der Waals surface area contributed by atoms with Crippen molar-refractivity contribution in [1.29, 1.82) is 0 Å². The Morgan fingerprint density at radius 3 is 2.80 bits per heavy atom. The molecule has 0 aliphatic carbocycles. The molecule has 1 heterocycles. The van der Waals surface area contributed by atoms with Crippen LogP contribution in [0.25, 0.3) is 0 Å². The van der Waals surface area contributed by atoms with Crippen molar-refractivity contribution in [2.75, 3.05) is 5.32 Å². The molecule has 0 bridgehead atoms. The van der Waals surface area contributed by atoms with Gasteiger partial charge in [0.2, 0.25) is 0 Å². The molecule has 5 nitrogen and oxygen atoms in total. The van der Waals surface area contributed by atoms with Gasteiger partial charge in [-0.05, 0) is 31.5 Å². The highest BCUT2D eigenvalue weighted by atomic mass is 16.1. The molecule has 5 heteroatoms. The van der Waals surface area contributed by atoms with E-state index in [1.807, 2.05) is 6.92 Å². The summed E-state index contributed by atoms with van der Waals surface area (Å²) in [5.74, 6) is -0.247. The Hall–Kier alpha value is -2.56. The number of aldehydes is 1. The van der Waals surface area contributed by atoms with Gasteiger partial charge >= 0.3 is 0 Å². The zero-order valence-corrected chi connectivity index (χ0v) is 11.4. The lowest BCUT2D eigenvalue weighted by Gasteiger charge is -2.08. The van der Waals surface area contributed by atoms with Gasteiger partial charge in [0.1, 0.15) is 6.29 Å². The van der Waals surface area contributed by atoms with Crippen molar-refractivity contribution in [3.63, 3.8) is 0 Å². The third-order valence-corrected chi connectivity index (χ3v) is 2.85. The molecule has 0 atom stereocenters. The Bertz CT molecular complexity index is 653. The predicted octanol–water partition coefficient (Wildman–Crippen LogP) is 2.41. The second-order valence-electron chi connectivity index (χ2n) is 4.40. The number of nitrogens with one attached hydrogen (secondary N) is 1. The smallest absolute Gasteiger partial charge is 0.257 e. The fourth-order valence-electron chi connectivity index (χ4n) is 1.86. The Morgan fingerprint density at radius 2 is 2.10 bits per heavy atom. The van der Waals surface area contributed by atoms with Crippen LogP contribution in [0.3, 0.4) is 0 Å². The SMILES string of the molecule is CCc1nnc(C)cc1C(=O)Nc1cccc(C=O)c1. The van der Waals surface area contributed by atoms with E-state index >= 15 is 0 Å². The van der Waals surface area contributed by atoms with E-state index in [-0.39, 0.29) is 5.91 Å². The number of amides is 1. The van der Waals surface area contributed by atoms with Gasteiger partial charge in [0.05, 0.1) is 17.0 Å². The third kappa shape index (κ3) is 3.06. The highest BCUT2D eigenvalue weighted by Crippen LogP contribution is 2.13. The minimum absolute atomic E-state index is 0.247. The number of hydrogen-bond acceptors (Lipinski definition) is 4. The van der Waals surface area contributed by atoms with E-state index in [1.165, 1.54) is 0 Å². The summed E-state index contributed by atoms with van der Waals surface area (Å²) in [6.07, 6.45) is 1.37. The van der Waals surface area contributed by atoms with Crippen molar-refractivity contribution in [3.8, 4) is 0 Å². The van der Waals surface area contributed by atoms with Crippen LogP contribution in [0.4, 0.5) is 5.69 Å². The summed E-state index contributed by atoms with van der Waals surface area (Å²) in [4.78, 5) is 23.0. The van der Waals surface area contributed by atoms with Crippen LogP contribution in [0.5, 0.6) is 0 Å². The second-order valence-corrected chi connectivity index (χ2v) is 4.40. The molecule has 1 aromatic heterocycles. The van der Waals surface area contributed by atoms with Crippen LogP contribution in [-0.4, -0.2) is 22.4 Å². The Morgan fingerprint density at radius 1 is 1.30 bits per heavy atom. The highest BCUT2D eigenvalue weighted by Gasteiger charge is 2.13. The van der Waals surface area contributed by atoms with Crippen LogP contribution in [0.2, 0.25) is 0 Å². The molecule has 0 aliphatic rings. The minimum Gasteiger partial charge on any atom is -0.322 e. The van der Waals surface area contributed by atoms with E-state index < -0.39 is 0 Å². The summed E-state index contributed by atoms with van der Waals surface area (Å²) in [5.41, 5.74) is 2.95. The number of aromatic nitrogens is 2. The zero-order valence-electron chi connectivity index (χ0n) is 11.4. The molecule has 1 amide bonds. The molecule has 20 heavy (non-hydrogen) atoms. The number of rotatable bonds is 4. The summed E-state index contributed by atoms with van der Waals surface area (Å²) in [7, 11) is 0. The quantitative estimate of drug-likeness (QED) is 0.865. The van der Waals surface area contributed by atoms with Crippen molar-refractivity contribution in [3.05, 3.63) is 52.8 Å². The molecule has 0 aliphatic heterocycles. The molecule has 2 aromatic rings. The van der Waals surface area contributed by atoms with Gasteiger partial charge in [-0.15, -0.1) is 0 Å². The van der Waals surface area contributed by atoms with Crippen LogP contribution in [0.15, 0.2) is 30.3 Å². The number of benzene rings is 1. The minimum atomic E-state index is -0.247. The summed E-state index contributed by atoms with van der Waals surface area (Å²) in [6.45, 7) is 3.71. The molecule has 0 unspecified atom stereocenters. The number of carbonyl (C=O) groups is 2. The maximum absolute atomic E-state index is 12.3. The van der Waals surface area contributed by atoms with E-state index in [4.69, 9.17) is 0 Å². The Balaban J connectivity index is 2.27. The van der Waals surface area contributed by atoms with Crippen LogP contribution < -0.4 is 5.32 Å². The Kier molecular flexibility index (Phi) is 4.20. The molecule has 0 fully saturated rings. The molecule has 1 N–H and O–H groups in total. The average Bonchev–Trinajstić information content (AvgIpc) is 2.47. The van der Waals surface area contributed by atoms with Gasteiger partial charge in [0.25, 0.3) is 5.91 Å². The molecule has 0 radical (unpaired) electrons. The van der Waals surface area contributed by atoms with E-state index in [0.29, 0.717) is 34.6 Å². The van der Waals surface area contributed by atoms with Gasteiger partial charge in [-0.2, -0.15) is 10.2 Å². The van der Waals surface area contributed by atoms with Gasteiger partial charge in [0.15, 0.2) is 0 Å². The highest BCUT2D eigenvalue weighted by molar-refractivity contribution is 6.05. The molecular formula is C15H15N3O2. The number of carbonyl (C=O) groups excluding carboxylic acids is 2. The van der Waals surface area contributed by atoms with E-state index in [2.05, 4.69) is 15.5 Å². The monoisotopic (exact) mass is 269 g/mol. The number of hydrogen-bond donors (Lipinski definition) is 1. The molecule has 0 spiro atoms. The lowest BCUT2D eigenvalue weighted by atomic mass is 10.1. The molecule has 2 rings (SSSR count). The fourth-order valence-corrected chi connectivity index (χ4v) is 1.86. The van der Waals surface area contributed by atoms with Crippen molar-refractivity contribution in [2.24, 2.45) is 0 Å². The second kappa shape index (κ2) is 6.06. The first-order valence-electron chi connectivity index (χ1n) is 6.34. The van der Waals surface area contributed by atoms with E-state index in [9.17, 15) is 9.59 Å². The van der Waals surface area contributed by atoms with Gasteiger partial charge in [0, 0.05) is 11.3 Å². The van der Waals surface area contributed by atoms with Crippen molar-refractivity contribution < 1.29 is 9.59 Å². The standard InChI is InChI=1S/C15H15N3O2/c1-3-14-13(7-10(2)17-18-14)15(20)16-12-6-4-5-11(8-12)9-19/h4-9H,3H2,1-2H3,(H,16,20). The molecule has 0 saturated heterocycles. The van der Waals surface area contributed by atoms with Crippen molar-refractivity contribution in [1.82, 2.24) is 10.2 Å². The topological polar surface area (TPSA) is 72.0 Å². The largest absolute Gasteiger partial charge is 0.322 e.